The van der Waals surface area contributed by atoms with E-state index in [1.54, 1.807) is 0 Å². The van der Waals surface area contributed by atoms with Gasteiger partial charge in [0.1, 0.15) is 0 Å². The van der Waals surface area contributed by atoms with E-state index in [9.17, 15) is 34.9 Å². The first kappa shape index (κ1) is 12.4. The Balaban J connectivity index is 5.29. The van der Waals surface area contributed by atoms with Crippen molar-refractivity contribution in [3.8, 4) is 0 Å². The molecule has 0 radical (unpaired) electrons. The van der Waals surface area contributed by atoms with Crippen LogP contribution in [0, 0.1) is 0 Å². The van der Waals surface area contributed by atoms with Crippen LogP contribution in [0.1, 0.15) is 0 Å². The van der Waals surface area contributed by atoms with Crippen molar-refractivity contribution in [1.82, 2.24) is 5.34 Å². The van der Waals surface area contributed by atoms with Crippen LogP contribution in [0.25, 0.3) is 0 Å². The Hall–Kier alpha value is -0.550. The molecule has 0 aromatic carbocycles. The second-order valence-electron chi connectivity index (χ2n) is 1.77. The lowest BCUT2D eigenvalue weighted by molar-refractivity contribution is -0.379. The van der Waals surface area contributed by atoms with E-state index in [1.807, 2.05) is 0 Å². The molecule has 13 heavy (non-hydrogen) atoms. The van der Waals surface area contributed by atoms with Crippen LogP contribution in [-0.4, -0.2) is 29.6 Å². The zero-order valence-electron chi connectivity index (χ0n) is 5.39. The van der Waals surface area contributed by atoms with Gasteiger partial charge in [-0.2, -0.15) is 26.0 Å². The van der Waals surface area contributed by atoms with Crippen LogP contribution in [0.2, 0.25) is 0 Å². The molecule has 1 N–H and O–H groups in total. The highest BCUT2D eigenvalue weighted by molar-refractivity contribution is 7.87. The Morgan fingerprint density at radius 1 is 1.08 bits per heavy atom. The summed E-state index contributed by atoms with van der Waals surface area (Å²) in [5, 5.41) is -9.58. The molecule has 0 fully saturated rings. The van der Waals surface area contributed by atoms with E-state index in [4.69, 9.17) is 4.55 Å². The van der Waals surface area contributed by atoms with Crippen LogP contribution >= 0.6 is 0 Å². The monoisotopic (exact) mass is 233 g/mol. The van der Waals surface area contributed by atoms with Gasteiger partial charge in [0.05, 0.1) is 5.34 Å². The SMILES string of the molecule is O=S(=O)(O)C(F)(F)C(F)(F)N(F)F. The molecule has 0 rings (SSSR count). The summed E-state index contributed by atoms with van der Waals surface area (Å²) in [6, 6.07) is -6.29. The van der Waals surface area contributed by atoms with Gasteiger partial charge in [-0.3, -0.25) is 4.55 Å². The van der Waals surface area contributed by atoms with Crippen molar-refractivity contribution in [2.24, 2.45) is 0 Å². The minimum absolute atomic E-state index is 3.30. The van der Waals surface area contributed by atoms with Crippen LogP contribution in [0.5, 0.6) is 0 Å². The molecule has 0 bridgehead atoms. The molecule has 0 aliphatic heterocycles. The molecule has 0 aromatic rings. The first-order valence-corrected chi connectivity index (χ1v) is 3.73. The van der Waals surface area contributed by atoms with E-state index in [0.29, 0.717) is 0 Å². The molecular formula is C2HF6NO3S. The predicted octanol–water partition coefficient (Wildman–Crippen LogP) is 1.13. The van der Waals surface area contributed by atoms with Crippen molar-refractivity contribution in [1.29, 1.82) is 0 Å². The molecule has 0 saturated carbocycles. The lowest BCUT2D eigenvalue weighted by Gasteiger charge is -2.22. The molecule has 4 nitrogen and oxygen atoms in total. The summed E-state index contributed by atoms with van der Waals surface area (Å²) in [6.07, 6.45) is 0. The average Bonchev–Trinajstić information content (AvgIpc) is 1.84. The fourth-order valence-corrected chi connectivity index (χ4v) is 0.633. The molecular weight excluding hydrogens is 232 g/mol. The average molecular weight is 233 g/mol. The maximum atomic E-state index is 11.8. The van der Waals surface area contributed by atoms with E-state index >= 15 is 0 Å². The normalized spacial score (nSPS) is 15.1. The van der Waals surface area contributed by atoms with Gasteiger partial charge in [0.15, 0.2) is 0 Å². The highest BCUT2D eigenvalue weighted by Crippen LogP contribution is 2.41. The fraction of sp³-hybridized carbons (Fsp3) is 1.00. The quantitative estimate of drug-likeness (QED) is 0.343. The topological polar surface area (TPSA) is 57.6 Å². The molecule has 0 aliphatic rings. The molecule has 0 aromatic heterocycles. The molecule has 0 unspecified atom stereocenters. The minimum atomic E-state index is -6.61. The molecule has 0 spiro atoms. The van der Waals surface area contributed by atoms with E-state index in [-0.39, 0.29) is 0 Å². The van der Waals surface area contributed by atoms with Crippen molar-refractivity contribution in [3.05, 3.63) is 0 Å². The Labute approximate surface area is 67.4 Å². The largest absolute Gasteiger partial charge is 0.451 e. The van der Waals surface area contributed by atoms with E-state index in [1.165, 1.54) is 0 Å². The van der Waals surface area contributed by atoms with Crippen molar-refractivity contribution < 1.29 is 39.5 Å². The zero-order chi connectivity index (χ0) is 11.1. The second-order valence-corrected chi connectivity index (χ2v) is 3.23. The summed E-state index contributed by atoms with van der Waals surface area (Å²) >= 11 is 0. The van der Waals surface area contributed by atoms with Crippen LogP contribution in [0.15, 0.2) is 0 Å². The summed E-state index contributed by atoms with van der Waals surface area (Å²) in [7, 11) is -6.61. The number of hydrogen-bond acceptors (Lipinski definition) is 3. The Morgan fingerprint density at radius 2 is 1.38 bits per heavy atom. The van der Waals surface area contributed by atoms with E-state index < -0.39 is 26.8 Å². The molecule has 0 heterocycles. The van der Waals surface area contributed by atoms with E-state index in [0.717, 1.165) is 0 Å². The van der Waals surface area contributed by atoms with Gasteiger partial charge in [-0.15, -0.1) is 0 Å². The van der Waals surface area contributed by atoms with Gasteiger partial charge in [0, 0.05) is 0 Å². The maximum Gasteiger partial charge on any atom is 0.451 e. The van der Waals surface area contributed by atoms with Crippen molar-refractivity contribution >= 4 is 10.1 Å². The molecule has 80 valence electrons. The van der Waals surface area contributed by atoms with Gasteiger partial charge in [0.25, 0.3) is 0 Å². The zero-order valence-corrected chi connectivity index (χ0v) is 6.20. The van der Waals surface area contributed by atoms with Crippen LogP contribution in [0.3, 0.4) is 0 Å². The van der Waals surface area contributed by atoms with Gasteiger partial charge in [-0.05, 0) is 0 Å². The standard InChI is InChI=1S/C2HF6NO3S/c3-1(4,9(7)8)2(5,6)13(10,11)12/h(H,10,11,12). The third-order valence-corrected chi connectivity index (χ3v) is 1.78. The number of halogens is 6. The smallest absolute Gasteiger partial charge is 0.281 e. The molecule has 11 heteroatoms. The third-order valence-electron chi connectivity index (χ3n) is 0.886. The summed E-state index contributed by atoms with van der Waals surface area (Å²) in [5.41, 5.74) is 0. The van der Waals surface area contributed by atoms with Crippen LogP contribution < -0.4 is 0 Å². The summed E-state index contributed by atoms with van der Waals surface area (Å²) in [6.45, 7) is 0. The van der Waals surface area contributed by atoms with Gasteiger partial charge in [-0.1, -0.05) is 8.96 Å². The van der Waals surface area contributed by atoms with Crippen molar-refractivity contribution in [2.75, 3.05) is 0 Å². The maximum absolute atomic E-state index is 11.8. The third kappa shape index (κ3) is 1.86. The van der Waals surface area contributed by atoms with Crippen LogP contribution in [0.4, 0.5) is 26.5 Å². The number of alkyl halides is 4. The fourth-order valence-electron chi connectivity index (χ4n) is 0.254. The number of nitrogens with zero attached hydrogens (tertiary/aromatic N) is 1. The molecule has 0 aliphatic carbocycles. The van der Waals surface area contributed by atoms with Crippen molar-refractivity contribution in [2.45, 2.75) is 11.3 Å². The number of hydrogen-bond donors (Lipinski definition) is 1. The highest BCUT2D eigenvalue weighted by atomic mass is 32.2. The highest BCUT2D eigenvalue weighted by Gasteiger charge is 2.71. The summed E-state index contributed by atoms with van der Waals surface area (Å²) < 4.78 is 95.9. The summed E-state index contributed by atoms with van der Waals surface area (Å²) in [5.74, 6) is 0. The lowest BCUT2D eigenvalue weighted by atomic mass is 10.6. The predicted molar refractivity (Wildman–Crippen MR) is 25.5 cm³/mol. The number of rotatable bonds is 3. The summed E-state index contributed by atoms with van der Waals surface area (Å²) in [4.78, 5) is 0. The Kier molecular flexibility index (Phi) is 2.86. The van der Waals surface area contributed by atoms with Crippen molar-refractivity contribution in [3.63, 3.8) is 0 Å². The van der Waals surface area contributed by atoms with Gasteiger partial charge in [0.2, 0.25) is 0 Å². The van der Waals surface area contributed by atoms with Gasteiger partial charge in [-0.25, -0.2) is 0 Å². The molecule has 0 amide bonds. The second kappa shape index (κ2) is 2.99. The lowest BCUT2D eigenvalue weighted by Crippen LogP contribution is -2.52. The first-order valence-electron chi connectivity index (χ1n) is 2.29. The van der Waals surface area contributed by atoms with E-state index in [2.05, 4.69) is 0 Å². The minimum Gasteiger partial charge on any atom is -0.281 e. The van der Waals surface area contributed by atoms with Gasteiger partial charge < -0.3 is 0 Å². The van der Waals surface area contributed by atoms with Gasteiger partial charge >= 0.3 is 21.4 Å². The Morgan fingerprint density at radius 3 is 1.46 bits per heavy atom. The first-order chi connectivity index (χ1) is 5.44. The van der Waals surface area contributed by atoms with Crippen LogP contribution in [-0.2, 0) is 10.1 Å². The molecule has 0 saturated heterocycles. The Bertz CT molecular complexity index is 284. The molecule has 0 atom stereocenters.